The van der Waals surface area contributed by atoms with Crippen LogP contribution < -0.4 is 16.4 Å². The maximum absolute atomic E-state index is 12.8. The quantitative estimate of drug-likeness (QED) is 0.406. The van der Waals surface area contributed by atoms with Crippen LogP contribution in [0.4, 0.5) is 17.1 Å². The van der Waals surface area contributed by atoms with Crippen molar-refractivity contribution in [3.8, 4) is 0 Å². The largest absolute Gasteiger partial charge is 0.399 e. The van der Waals surface area contributed by atoms with Crippen molar-refractivity contribution in [2.75, 3.05) is 23.0 Å². The fourth-order valence-corrected chi connectivity index (χ4v) is 3.35. The van der Waals surface area contributed by atoms with Gasteiger partial charge in [0.2, 0.25) is 0 Å². The number of nitrogen functional groups attached to an aromatic ring is 1. The van der Waals surface area contributed by atoms with Crippen molar-refractivity contribution >= 4 is 34.2 Å². The highest BCUT2D eigenvalue weighted by Crippen LogP contribution is 2.38. The molecule has 1 heterocycles. The molecule has 1 aliphatic rings. The number of nitrogens with one attached hydrogen (secondary N) is 2. The van der Waals surface area contributed by atoms with Gasteiger partial charge >= 0.3 is 0 Å². The van der Waals surface area contributed by atoms with E-state index in [1.54, 1.807) is 6.07 Å². The highest BCUT2D eigenvalue weighted by Gasteiger charge is 2.28. The molecule has 0 saturated heterocycles. The Morgan fingerprint density at radius 1 is 1.00 bits per heavy atom. The second kappa shape index (κ2) is 7.58. The number of nitrogens with two attached hydrogens (primary N) is 1. The second-order valence-electron chi connectivity index (χ2n) is 6.67. The van der Waals surface area contributed by atoms with E-state index < -0.39 is 0 Å². The smallest absolute Gasteiger partial charge is 0.258 e. The summed E-state index contributed by atoms with van der Waals surface area (Å²) < 4.78 is 0. The van der Waals surface area contributed by atoms with Crippen LogP contribution in [0, 0.1) is 0 Å². The van der Waals surface area contributed by atoms with Crippen LogP contribution in [0.5, 0.6) is 0 Å². The van der Waals surface area contributed by atoms with Crippen LogP contribution in [0.25, 0.3) is 11.3 Å². The summed E-state index contributed by atoms with van der Waals surface area (Å²) in [5.74, 6) is -0.163. The van der Waals surface area contributed by atoms with Gasteiger partial charge in [0, 0.05) is 29.2 Å². The first kappa shape index (κ1) is 17.8. The fraction of sp³-hybridized carbons (Fsp3) is 0.0870. The predicted molar refractivity (Wildman–Crippen MR) is 114 cm³/mol. The molecule has 1 amide bonds. The predicted octanol–water partition coefficient (Wildman–Crippen LogP) is 3.74. The molecule has 0 fully saturated rings. The monoisotopic (exact) mass is 371 g/mol. The summed E-state index contributed by atoms with van der Waals surface area (Å²) in [4.78, 5) is 12.8. The number of rotatable bonds is 5. The third-order valence-corrected chi connectivity index (χ3v) is 4.72. The molecule has 3 aromatic carbocycles. The summed E-state index contributed by atoms with van der Waals surface area (Å²) in [6.45, 7) is 0.116. The zero-order chi connectivity index (χ0) is 19.5. The number of carbonyl (C=O) groups is 1. The Morgan fingerprint density at radius 3 is 2.46 bits per heavy atom. The maximum Gasteiger partial charge on any atom is 0.258 e. The van der Waals surface area contributed by atoms with Crippen molar-refractivity contribution in [1.29, 1.82) is 0 Å². The van der Waals surface area contributed by atoms with E-state index in [1.165, 1.54) is 0 Å². The maximum atomic E-state index is 12.8. The standard InChI is InChI=1S/C23H21N3O2/c24-17-8-11-20-19(14-17)21(23(28)26-20)22(16-4-2-1-3-5-16)25-18-9-6-15(7-10-18)12-13-27/h1-11,14,25,27H,12-13,24H2,(H,26,28). The van der Waals surface area contributed by atoms with Crippen LogP contribution in [0.2, 0.25) is 0 Å². The Bertz CT molecular complexity index is 1040. The minimum atomic E-state index is -0.163. The Labute approximate surface area is 163 Å². The van der Waals surface area contributed by atoms with Crippen LogP contribution in [0.1, 0.15) is 16.7 Å². The molecule has 0 aliphatic carbocycles. The third kappa shape index (κ3) is 3.48. The van der Waals surface area contributed by atoms with Gasteiger partial charge in [0.1, 0.15) is 0 Å². The molecule has 28 heavy (non-hydrogen) atoms. The lowest BCUT2D eigenvalue weighted by Crippen LogP contribution is -2.10. The molecule has 0 bridgehead atoms. The molecule has 4 rings (SSSR count). The van der Waals surface area contributed by atoms with Gasteiger partial charge in [0.05, 0.1) is 11.3 Å². The van der Waals surface area contributed by atoms with E-state index in [-0.39, 0.29) is 12.5 Å². The van der Waals surface area contributed by atoms with Gasteiger partial charge in [-0.25, -0.2) is 0 Å². The molecule has 3 aromatic rings. The summed E-state index contributed by atoms with van der Waals surface area (Å²) in [7, 11) is 0. The van der Waals surface area contributed by atoms with E-state index in [1.807, 2.05) is 66.7 Å². The molecule has 140 valence electrons. The molecule has 0 spiro atoms. The number of anilines is 3. The number of fused-ring (bicyclic) bond motifs is 1. The van der Waals surface area contributed by atoms with Crippen LogP contribution in [-0.2, 0) is 11.2 Å². The minimum absolute atomic E-state index is 0.116. The van der Waals surface area contributed by atoms with E-state index in [9.17, 15) is 4.79 Å². The van der Waals surface area contributed by atoms with Gasteiger partial charge in [-0.2, -0.15) is 0 Å². The highest BCUT2D eigenvalue weighted by molar-refractivity contribution is 6.37. The van der Waals surface area contributed by atoms with E-state index in [0.29, 0.717) is 17.7 Å². The van der Waals surface area contributed by atoms with Gasteiger partial charge in [-0.05, 0) is 47.9 Å². The zero-order valence-corrected chi connectivity index (χ0v) is 15.3. The molecule has 5 nitrogen and oxygen atoms in total. The molecular formula is C23H21N3O2. The number of hydrogen-bond acceptors (Lipinski definition) is 4. The fourth-order valence-electron chi connectivity index (χ4n) is 3.35. The SMILES string of the molecule is Nc1ccc2c(c1)C(=C(Nc1ccc(CCO)cc1)c1ccccc1)C(=O)N2. The Balaban J connectivity index is 1.82. The average molecular weight is 371 g/mol. The first-order valence-electron chi connectivity index (χ1n) is 9.13. The number of aliphatic hydroxyl groups excluding tert-OH is 1. The lowest BCUT2D eigenvalue weighted by molar-refractivity contribution is -0.110. The first-order valence-corrected chi connectivity index (χ1v) is 9.13. The van der Waals surface area contributed by atoms with E-state index in [4.69, 9.17) is 10.8 Å². The summed E-state index contributed by atoms with van der Waals surface area (Å²) in [6.07, 6.45) is 0.613. The third-order valence-electron chi connectivity index (χ3n) is 4.72. The highest BCUT2D eigenvalue weighted by atomic mass is 16.3. The van der Waals surface area contributed by atoms with Gasteiger partial charge in [0.15, 0.2) is 0 Å². The lowest BCUT2D eigenvalue weighted by atomic mass is 9.99. The summed E-state index contributed by atoms with van der Waals surface area (Å²) in [5, 5.41) is 15.4. The van der Waals surface area contributed by atoms with Gasteiger partial charge < -0.3 is 21.5 Å². The van der Waals surface area contributed by atoms with Gasteiger partial charge in [0.25, 0.3) is 5.91 Å². The van der Waals surface area contributed by atoms with E-state index in [2.05, 4.69) is 10.6 Å². The Hall–Kier alpha value is -3.57. The zero-order valence-electron chi connectivity index (χ0n) is 15.3. The molecule has 5 heteroatoms. The van der Waals surface area contributed by atoms with Crippen molar-refractivity contribution in [3.63, 3.8) is 0 Å². The van der Waals surface area contributed by atoms with Crippen LogP contribution in [-0.4, -0.2) is 17.6 Å². The average Bonchev–Trinajstić information content (AvgIpc) is 3.03. The summed E-state index contributed by atoms with van der Waals surface area (Å²) in [5.41, 5.74) is 12.2. The van der Waals surface area contributed by atoms with Crippen molar-refractivity contribution in [2.24, 2.45) is 0 Å². The molecule has 0 atom stereocenters. The van der Waals surface area contributed by atoms with Crippen LogP contribution >= 0.6 is 0 Å². The Morgan fingerprint density at radius 2 is 1.75 bits per heavy atom. The number of amides is 1. The number of hydrogen-bond donors (Lipinski definition) is 4. The lowest BCUT2D eigenvalue weighted by Gasteiger charge is -2.15. The van der Waals surface area contributed by atoms with Gasteiger partial charge in [-0.3, -0.25) is 4.79 Å². The van der Waals surface area contributed by atoms with Crippen molar-refractivity contribution < 1.29 is 9.90 Å². The van der Waals surface area contributed by atoms with Crippen molar-refractivity contribution in [3.05, 3.63) is 89.5 Å². The molecule has 0 radical (unpaired) electrons. The number of benzene rings is 3. The van der Waals surface area contributed by atoms with Gasteiger partial charge in [-0.15, -0.1) is 0 Å². The van der Waals surface area contributed by atoms with E-state index >= 15 is 0 Å². The van der Waals surface area contributed by atoms with E-state index in [0.717, 1.165) is 33.8 Å². The molecule has 0 saturated carbocycles. The van der Waals surface area contributed by atoms with Crippen LogP contribution in [0.3, 0.4) is 0 Å². The minimum Gasteiger partial charge on any atom is -0.399 e. The Kier molecular flexibility index (Phi) is 4.83. The first-order chi connectivity index (χ1) is 13.7. The topological polar surface area (TPSA) is 87.4 Å². The number of carbonyl (C=O) groups excluding carboxylic acids is 1. The molecule has 1 aliphatic heterocycles. The number of aliphatic hydroxyl groups is 1. The van der Waals surface area contributed by atoms with Crippen LogP contribution in [0.15, 0.2) is 72.8 Å². The molecule has 0 unspecified atom stereocenters. The van der Waals surface area contributed by atoms with Crippen molar-refractivity contribution in [1.82, 2.24) is 0 Å². The van der Waals surface area contributed by atoms with Gasteiger partial charge in [-0.1, -0.05) is 42.5 Å². The summed E-state index contributed by atoms with van der Waals surface area (Å²) in [6, 6.07) is 23.0. The molecule has 5 N–H and O–H groups in total. The molecular weight excluding hydrogens is 350 g/mol. The molecule has 0 aromatic heterocycles. The summed E-state index contributed by atoms with van der Waals surface area (Å²) >= 11 is 0. The normalized spacial score (nSPS) is 14.4. The van der Waals surface area contributed by atoms with Crippen molar-refractivity contribution in [2.45, 2.75) is 6.42 Å². The second-order valence-corrected chi connectivity index (χ2v) is 6.67.